The predicted octanol–water partition coefficient (Wildman–Crippen LogP) is 2.15. The molecule has 1 heterocycles. The van der Waals surface area contributed by atoms with Crippen molar-refractivity contribution < 1.29 is 14.2 Å². The highest BCUT2D eigenvalue weighted by Gasteiger charge is 2.21. The van der Waals surface area contributed by atoms with Crippen molar-refractivity contribution in [3.05, 3.63) is 76.1 Å². The normalized spacial score (nSPS) is 15.6. The first-order valence-corrected chi connectivity index (χ1v) is 8.38. The Kier molecular flexibility index (Phi) is 5.40. The summed E-state index contributed by atoms with van der Waals surface area (Å²) in [5, 5.41) is 11.0. The maximum atomic E-state index is 13.9. The van der Waals surface area contributed by atoms with Gasteiger partial charge >= 0.3 is 0 Å². The van der Waals surface area contributed by atoms with Gasteiger partial charge in [0.25, 0.3) is 5.69 Å². The molecule has 0 spiro atoms. The number of rotatable bonds is 5. The Hall–Kier alpha value is -2.73. The van der Waals surface area contributed by atoms with E-state index in [1.807, 2.05) is 24.3 Å². The van der Waals surface area contributed by atoms with Crippen LogP contribution < -0.4 is 9.80 Å². The molecule has 0 unspecified atom stereocenters. The summed E-state index contributed by atoms with van der Waals surface area (Å²) in [5.41, 5.74) is 1.41. The second-order valence-electron chi connectivity index (χ2n) is 6.11. The van der Waals surface area contributed by atoms with Crippen LogP contribution in [0.2, 0.25) is 0 Å². The molecule has 0 radical (unpaired) electrons. The third kappa shape index (κ3) is 4.22. The third-order valence-electron chi connectivity index (χ3n) is 4.50. The lowest BCUT2D eigenvalue weighted by Gasteiger charge is -2.33. The fraction of sp³-hybridized carbons (Fsp3) is 0.263. The topological polar surface area (TPSA) is 50.8 Å². The summed E-state index contributed by atoms with van der Waals surface area (Å²) in [6, 6.07) is 13.6. The molecule has 2 aromatic carbocycles. The van der Waals surface area contributed by atoms with E-state index in [0.29, 0.717) is 11.3 Å². The monoisotopic (exact) mass is 342 g/mol. The van der Waals surface area contributed by atoms with Crippen LogP contribution >= 0.6 is 0 Å². The van der Waals surface area contributed by atoms with Gasteiger partial charge in [0, 0.05) is 6.07 Å². The molecule has 2 aromatic rings. The molecule has 3 rings (SSSR count). The number of halogens is 1. The van der Waals surface area contributed by atoms with Crippen LogP contribution in [-0.2, 0) is 0 Å². The average Bonchev–Trinajstić information content (AvgIpc) is 2.63. The zero-order valence-electron chi connectivity index (χ0n) is 13.9. The molecule has 1 fully saturated rings. The number of para-hydroxylation sites is 2. The Morgan fingerprint density at radius 3 is 2.52 bits per heavy atom. The number of hydrogen-bond acceptors (Lipinski definition) is 3. The number of piperazine rings is 1. The molecule has 1 saturated heterocycles. The second-order valence-corrected chi connectivity index (χ2v) is 6.11. The number of benzene rings is 2. The van der Waals surface area contributed by atoms with Crippen LogP contribution in [0.1, 0.15) is 5.56 Å². The molecule has 6 heteroatoms. The van der Waals surface area contributed by atoms with Crippen LogP contribution in [0.15, 0.2) is 54.6 Å². The van der Waals surface area contributed by atoms with Gasteiger partial charge in [0.1, 0.15) is 5.82 Å². The van der Waals surface area contributed by atoms with Crippen molar-refractivity contribution in [3.63, 3.8) is 0 Å². The van der Waals surface area contributed by atoms with E-state index in [2.05, 4.69) is 4.90 Å². The van der Waals surface area contributed by atoms with Crippen LogP contribution in [0.4, 0.5) is 15.8 Å². The van der Waals surface area contributed by atoms with Crippen LogP contribution in [0, 0.1) is 15.9 Å². The molecule has 0 aromatic heterocycles. The second kappa shape index (κ2) is 7.90. The molecule has 0 atom stereocenters. The first kappa shape index (κ1) is 17.1. The summed E-state index contributed by atoms with van der Waals surface area (Å²) < 4.78 is 13.9. The predicted molar refractivity (Wildman–Crippen MR) is 96.3 cm³/mol. The van der Waals surface area contributed by atoms with Crippen LogP contribution in [0.5, 0.6) is 0 Å². The number of nitro groups is 1. The minimum Gasteiger partial charge on any atom is -0.358 e. The maximum absolute atomic E-state index is 13.9. The van der Waals surface area contributed by atoms with E-state index in [9.17, 15) is 14.5 Å². The quantitative estimate of drug-likeness (QED) is 0.669. The molecule has 130 valence electrons. The lowest BCUT2D eigenvalue weighted by Crippen LogP contribution is -3.14. The Bertz CT molecular complexity index is 771. The first-order valence-electron chi connectivity index (χ1n) is 8.38. The lowest BCUT2D eigenvalue weighted by atomic mass is 10.1. The van der Waals surface area contributed by atoms with E-state index in [-0.39, 0.29) is 16.4 Å². The Morgan fingerprint density at radius 1 is 1.12 bits per heavy atom. The first-order chi connectivity index (χ1) is 12.1. The molecule has 25 heavy (non-hydrogen) atoms. The van der Waals surface area contributed by atoms with Crippen molar-refractivity contribution in [1.82, 2.24) is 0 Å². The van der Waals surface area contributed by atoms with Crippen molar-refractivity contribution in [2.45, 2.75) is 0 Å². The highest BCUT2D eigenvalue weighted by Crippen LogP contribution is 2.19. The van der Waals surface area contributed by atoms with Gasteiger partial charge in [-0.15, -0.1) is 0 Å². The van der Waals surface area contributed by atoms with Crippen molar-refractivity contribution >= 4 is 17.5 Å². The van der Waals surface area contributed by atoms with Gasteiger partial charge in [0.15, 0.2) is 0 Å². The van der Waals surface area contributed by atoms with E-state index >= 15 is 0 Å². The summed E-state index contributed by atoms with van der Waals surface area (Å²) in [6.07, 6.45) is 3.80. The molecule has 1 aliphatic rings. The Morgan fingerprint density at radius 2 is 1.80 bits per heavy atom. The van der Waals surface area contributed by atoms with Crippen LogP contribution in [-0.4, -0.2) is 37.6 Å². The summed E-state index contributed by atoms with van der Waals surface area (Å²) in [7, 11) is 0. The molecule has 0 saturated carbocycles. The maximum Gasteiger partial charge on any atom is 0.276 e. The largest absolute Gasteiger partial charge is 0.358 e. The number of nitrogens with one attached hydrogen (secondary N) is 1. The van der Waals surface area contributed by atoms with Gasteiger partial charge < -0.3 is 9.80 Å². The molecule has 0 amide bonds. The van der Waals surface area contributed by atoms with Crippen LogP contribution in [0.3, 0.4) is 0 Å². The number of hydrogen-bond donors (Lipinski definition) is 1. The highest BCUT2D eigenvalue weighted by molar-refractivity contribution is 5.60. The summed E-state index contributed by atoms with van der Waals surface area (Å²) >= 11 is 0. The fourth-order valence-corrected chi connectivity index (χ4v) is 3.12. The van der Waals surface area contributed by atoms with Crippen LogP contribution in [0.25, 0.3) is 6.08 Å². The van der Waals surface area contributed by atoms with Crippen molar-refractivity contribution in [2.24, 2.45) is 0 Å². The van der Waals surface area contributed by atoms with Gasteiger partial charge in [0.05, 0.1) is 48.9 Å². The van der Waals surface area contributed by atoms with Gasteiger partial charge in [0.2, 0.25) is 0 Å². The van der Waals surface area contributed by atoms with E-state index < -0.39 is 0 Å². The SMILES string of the molecule is O=[N+]([O-])c1ccccc1/C=C/C[NH+]1CCN(c2ccccc2F)CC1. The lowest BCUT2D eigenvalue weighted by molar-refractivity contribution is -0.894. The smallest absolute Gasteiger partial charge is 0.276 e. The van der Waals surface area contributed by atoms with E-state index in [1.54, 1.807) is 24.3 Å². The highest BCUT2D eigenvalue weighted by atomic mass is 19.1. The average molecular weight is 342 g/mol. The molecule has 0 aliphatic carbocycles. The Labute approximate surface area is 146 Å². The molecule has 1 aliphatic heterocycles. The third-order valence-corrected chi connectivity index (χ3v) is 4.50. The summed E-state index contributed by atoms with van der Waals surface area (Å²) in [6.45, 7) is 4.23. The van der Waals surface area contributed by atoms with Gasteiger partial charge in [-0.2, -0.15) is 0 Å². The van der Waals surface area contributed by atoms with Gasteiger partial charge in [-0.1, -0.05) is 24.3 Å². The summed E-state index contributed by atoms with van der Waals surface area (Å²) in [5.74, 6) is -0.178. The zero-order valence-corrected chi connectivity index (χ0v) is 13.9. The fourth-order valence-electron chi connectivity index (χ4n) is 3.12. The number of quaternary nitrogens is 1. The molecular formula is C19H21FN3O2+. The number of nitrogens with zero attached hydrogens (tertiary/aromatic N) is 2. The molecule has 1 N–H and O–H groups in total. The van der Waals surface area contributed by atoms with Gasteiger partial charge in [-0.05, 0) is 30.4 Å². The van der Waals surface area contributed by atoms with Crippen molar-refractivity contribution in [3.8, 4) is 0 Å². The van der Waals surface area contributed by atoms with Gasteiger partial charge in [-0.3, -0.25) is 10.1 Å². The standard InChI is InChI=1S/C19H20FN3O2/c20-17-8-2-4-10-19(17)22-14-12-21(13-15-22)11-5-7-16-6-1-3-9-18(16)23(24)25/h1-10H,11-15H2/p+1/b7-5+. The van der Waals surface area contributed by atoms with E-state index in [1.165, 1.54) is 17.0 Å². The summed E-state index contributed by atoms with van der Waals surface area (Å²) in [4.78, 5) is 14.1. The number of nitro benzene ring substituents is 1. The zero-order chi connectivity index (χ0) is 17.6. The molecule has 0 bridgehead atoms. The van der Waals surface area contributed by atoms with Gasteiger partial charge in [-0.25, -0.2) is 4.39 Å². The molecular weight excluding hydrogens is 321 g/mol. The van der Waals surface area contributed by atoms with Crippen molar-refractivity contribution in [1.29, 1.82) is 0 Å². The van der Waals surface area contributed by atoms with Crippen molar-refractivity contribution in [2.75, 3.05) is 37.6 Å². The van der Waals surface area contributed by atoms with E-state index in [0.717, 1.165) is 32.7 Å². The minimum absolute atomic E-state index is 0.123. The Balaban J connectivity index is 1.55. The number of anilines is 1. The molecule has 5 nitrogen and oxygen atoms in total. The minimum atomic E-state index is -0.361. The van der Waals surface area contributed by atoms with E-state index in [4.69, 9.17) is 0 Å².